The topological polar surface area (TPSA) is 102 Å². The fourth-order valence-electron chi connectivity index (χ4n) is 3.46. The molecule has 0 aliphatic carbocycles. The Morgan fingerprint density at radius 2 is 1.75 bits per heavy atom. The predicted molar refractivity (Wildman–Crippen MR) is 126 cm³/mol. The highest BCUT2D eigenvalue weighted by atomic mass is 16.2. The molecule has 9 heteroatoms. The number of hydrogen-bond acceptors (Lipinski definition) is 6. The van der Waals surface area contributed by atoms with Crippen molar-refractivity contribution < 1.29 is 9.59 Å². The average Bonchev–Trinajstić information content (AvgIpc) is 2.77. The lowest BCUT2D eigenvalue weighted by Gasteiger charge is -2.34. The Morgan fingerprint density at radius 1 is 1.03 bits per heavy atom. The van der Waals surface area contributed by atoms with Gasteiger partial charge in [0.05, 0.1) is 0 Å². The molecule has 9 nitrogen and oxygen atoms in total. The zero-order chi connectivity index (χ0) is 23.0. The second kappa shape index (κ2) is 10.9. The Bertz CT molecular complexity index is 891. The lowest BCUT2D eigenvalue weighted by Crippen LogP contribution is -2.47. The summed E-state index contributed by atoms with van der Waals surface area (Å²) in [6.45, 7) is 11.0. The lowest BCUT2D eigenvalue weighted by molar-refractivity contribution is 0.0919. The highest BCUT2D eigenvalue weighted by molar-refractivity contribution is 5.97. The first kappa shape index (κ1) is 23.5. The highest BCUT2D eigenvalue weighted by Gasteiger charge is 2.18. The summed E-state index contributed by atoms with van der Waals surface area (Å²) in [6.07, 6.45) is 4.40. The van der Waals surface area contributed by atoms with Gasteiger partial charge in [0.1, 0.15) is 0 Å². The second-order valence-electron chi connectivity index (χ2n) is 8.90. The van der Waals surface area contributed by atoms with Gasteiger partial charge < -0.3 is 20.9 Å². The van der Waals surface area contributed by atoms with Crippen molar-refractivity contribution >= 4 is 23.6 Å². The molecule has 0 saturated carbocycles. The first-order valence-corrected chi connectivity index (χ1v) is 11.0. The van der Waals surface area contributed by atoms with Crippen molar-refractivity contribution in [2.75, 3.05) is 49.5 Å². The van der Waals surface area contributed by atoms with Crippen molar-refractivity contribution in [1.29, 1.82) is 0 Å². The maximum Gasteiger partial charge on any atom is 0.319 e. The molecule has 0 spiro atoms. The molecular weight excluding hydrogens is 406 g/mol. The van der Waals surface area contributed by atoms with Crippen LogP contribution in [-0.2, 0) is 0 Å². The zero-order valence-corrected chi connectivity index (χ0v) is 19.1. The standard InChI is InChI=1S/C23H33N7O2/c1-23(2,3)28-20(31)18-7-4-8-19(17-18)27-22(32)26-11-6-12-29-13-15-30(16-14-29)21-24-9-5-10-25-21/h4-5,7-10,17H,6,11-16H2,1-3H3,(H,28,31)(H2,26,27,32). The average molecular weight is 440 g/mol. The fourth-order valence-corrected chi connectivity index (χ4v) is 3.46. The molecule has 3 amide bonds. The van der Waals surface area contributed by atoms with E-state index >= 15 is 0 Å². The predicted octanol–water partition coefficient (Wildman–Crippen LogP) is 2.34. The van der Waals surface area contributed by atoms with E-state index in [1.807, 2.05) is 26.8 Å². The molecule has 1 aromatic heterocycles. The monoisotopic (exact) mass is 439 g/mol. The fraction of sp³-hybridized carbons (Fsp3) is 0.478. The number of hydrogen-bond donors (Lipinski definition) is 3. The van der Waals surface area contributed by atoms with E-state index in [-0.39, 0.29) is 17.5 Å². The summed E-state index contributed by atoms with van der Waals surface area (Å²) in [4.78, 5) is 37.7. The van der Waals surface area contributed by atoms with E-state index in [1.165, 1.54) is 0 Å². The molecule has 1 aliphatic heterocycles. The molecule has 3 N–H and O–H groups in total. The molecule has 0 atom stereocenters. The van der Waals surface area contributed by atoms with E-state index in [9.17, 15) is 9.59 Å². The molecule has 0 unspecified atom stereocenters. The smallest absolute Gasteiger partial charge is 0.319 e. The van der Waals surface area contributed by atoms with Crippen molar-refractivity contribution in [3.63, 3.8) is 0 Å². The van der Waals surface area contributed by atoms with Crippen molar-refractivity contribution in [1.82, 2.24) is 25.5 Å². The number of amides is 3. The van der Waals surface area contributed by atoms with Crippen LogP contribution in [0, 0.1) is 0 Å². The molecular formula is C23H33N7O2. The minimum Gasteiger partial charge on any atom is -0.347 e. The highest BCUT2D eigenvalue weighted by Crippen LogP contribution is 2.12. The summed E-state index contributed by atoms with van der Waals surface area (Å²) in [5.74, 6) is 0.617. The van der Waals surface area contributed by atoms with Gasteiger partial charge in [-0.3, -0.25) is 9.69 Å². The third-order valence-corrected chi connectivity index (χ3v) is 5.02. The van der Waals surface area contributed by atoms with Crippen LogP contribution < -0.4 is 20.9 Å². The Balaban J connectivity index is 1.35. The van der Waals surface area contributed by atoms with Crippen LogP contribution in [0.5, 0.6) is 0 Å². The molecule has 172 valence electrons. The van der Waals surface area contributed by atoms with Crippen molar-refractivity contribution in [3.8, 4) is 0 Å². The summed E-state index contributed by atoms with van der Waals surface area (Å²) in [5, 5.41) is 8.60. The van der Waals surface area contributed by atoms with Crippen LogP contribution in [0.4, 0.5) is 16.4 Å². The number of benzene rings is 1. The SMILES string of the molecule is CC(C)(C)NC(=O)c1cccc(NC(=O)NCCCN2CCN(c3ncccn3)CC2)c1. The van der Waals surface area contributed by atoms with Crippen LogP contribution in [0.3, 0.4) is 0 Å². The van der Waals surface area contributed by atoms with E-state index in [0.717, 1.165) is 45.1 Å². The van der Waals surface area contributed by atoms with Crippen LogP contribution in [0.15, 0.2) is 42.7 Å². The second-order valence-corrected chi connectivity index (χ2v) is 8.90. The van der Waals surface area contributed by atoms with Gasteiger partial charge in [0, 0.05) is 61.9 Å². The Labute approximate surface area is 189 Å². The van der Waals surface area contributed by atoms with Gasteiger partial charge in [0.25, 0.3) is 5.91 Å². The zero-order valence-electron chi connectivity index (χ0n) is 19.1. The summed E-state index contributed by atoms with van der Waals surface area (Å²) in [5.41, 5.74) is 0.779. The molecule has 2 aromatic rings. The van der Waals surface area contributed by atoms with Gasteiger partial charge in [-0.25, -0.2) is 14.8 Å². The summed E-state index contributed by atoms with van der Waals surface area (Å²) in [6, 6.07) is 8.48. The third-order valence-electron chi connectivity index (χ3n) is 5.02. The molecule has 2 heterocycles. The largest absolute Gasteiger partial charge is 0.347 e. The Morgan fingerprint density at radius 3 is 2.44 bits per heavy atom. The van der Waals surface area contributed by atoms with Crippen molar-refractivity contribution in [2.24, 2.45) is 0 Å². The third kappa shape index (κ3) is 7.49. The molecule has 1 aromatic carbocycles. The van der Waals surface area contributed by atoms with Crippen LogP contribution in [0.1, 0.15) is 37.6 Å². The van der Waals surface area contributed by atoms with Gasteiger partial charge in [-0.1, -0.05) is 6.07 Å². The Kier molecular flexibility index (Phi) is 7.99. The maximum absolute atomic E-state index is 12.3. The van der Waals surface area contributed by atoms with Gasteiger partial charge in [-0.05, 0) is 58.0 Å². The van der Waals surface area contributed by atoms with Gasteiger partial charge in [-0.15, -0.1) is 0 Å². The summed E-state index contributed by atoms with van der Waals surface area (Å²) >= 11 is 0. The number of carbonyl (C=O) groups excluding carboxylic acids is 2. The quantitative estimate of drug-likeness (QED) is 0.573. The summed E-state index contributed by atoms with van der Waals surface area (Å²) < 4.78 is 0. The number of aromatic nitrogens is 2. The van der Waals surface area contributed by atoms with Gasteiger partial charge in [0.15, 0.2) is 0 Å². The number of carbonyl (C=O) groups is 2. The summed E-state index contributed by atoms with van der Waals surface area (Å²) in [7, 11) is 0. The minimum absolute atomic E-state index is 0.166. The van der Waals surface area contributed by atoms with E-state index in [4.69, 9.17) is 0 Å². The molecule has 1 aliphatic rings. The number of nitrogens with one attached hydrogen (secondary N) is 3. The van der Waals surface area contributed by atoms with E-state index in [2.05, 4.69) is 35.7 Å². The van der Waals surface area contributed by atoms with Gasteiger partial charge in [-0.2, -0.15) is 0 Å². The first-order chi connectivity index (χ1) is 15.3. The normalized spacial score (nSPS) is 14.7. The van der Waals surface area contributed by atoms with Crippen LogP contribution in [0.2, 0.25) is 0 Å². The number of piperazine rings is 1. The number of anilines is 2. The molecule has 0 radical (unpaired) electrons. The molecule has 0 bridgehead atoms. The number of urea groups is 1. The number of rotatable bonds is 7. The first-order valence-electron chi connectivity index (χ1n) is 11.0. The van der Waals surface area contributed by atoms with E-state index in [0.29, 0.717) is 17.8 Å². The van der Waals surface area contributed by atoms with Crippen molar-refractivity contribution in [3.05, 3.63) is 48.3 Å². The van der Waals surface area contributed by atoms with Gasteiger partial charge >= 0.3 is 6.03 Å². The number of nitrogens with zero attached hydrogens (tertiary/aromatic N) is 4. The van der Waals surface area contributed by atoms with E-state index < -0.39 is 0 Å². The molecule has 1 saturated heterocycles. The minimum atomic E-state index is -0.320. The molecule has 32 heavy (non-hydrogen) atoms. The van der Waals surface area contributed by atoms with Gasteiger partial charge in [0.2, 0.25) is 5.95 Å². The molecule has 3 rings (SSSR count). The van der Waals surface area contributed by atoms with Crippen LogP contribution >= 0.6 is 0 Å². The molecule has 1 fully saturated rings. The lowest BCUT2D eigenvalue weighted by atomic mass is 10.1. The van der Waals surface area contributed by atoms with Crippen LogP contribution in [0.25, 0.3) is 0 Å². The van der Waals surface area contributed by atoms with Crippen molar-refractivity contribution in [2.45, 2.75) is 32.7 Å². The van der Waals surface area contributed by atoms with Crippen LogP contribution in [-0.4, -0.2) is 71.6 Å². The Hall–Kier alpha value is -3.20. The van der Waals surface area contributed by atoms with E-state index in [1.54, 1.807) is 36.7 Å². The maximum atomic E-state index is 12.3.